The molecule has 5 heteroatoms. The van der Waals surface area contributed by atoms with Gasteiger partial charge in [0, 0.05) is 25.3 Å². The van der Waals surface area contributed by atoms with Gasteiger partial charge in [-0.15, -0.1) is 0 Å². The van der Waals surface area contributed by atoms with E-state index in [4.69, 9.17) is 15.9 Å². The molecule has 0 unspecified atom stereocenters. The van der Waals surface area contributed by atoms with Gasteiger partial charge in [-0.05, 0) is 74.4 Å². The van der Waals surface area contributed by atoms with Crippen molar-refractivity contribution in [3.63, 3.8) is 0 Å². The number of nitrogens with zero attached hydrogens (tertiary/aromatic N) is 2. The third kappa shape index (κ3) is 7.27. The maximum Gasteiger partial charge on any atom is 0.198 e. The van der Waals surface area contributed by atoms with Crippen LogP contribution in [0.1, 0.15) is 51.0 Å². The summed E-state index contributed by atoms with van der Waals surface area (Å²) in [6.07, 6.45) is 7.75. The van der Waals surface area contributed by atoms with E-state index in [2.05, 4.69) is 59.2 Å². The fourth-order valence-electron chi connectivity index (χ4n) is 4.34. The molecule has 0 radical (unpaired) electrons. The van der Waals surface area contributed by atoms with Crippen molar-refractivity contribution in [3.05, 3.63) is 60.2 Å². The molecule has 0 aliphatic carbocycles. The molecule has 1 saturated heterocycles. The van der Waals surface area contributed by atoms with E-state index in [1.165, 1.54) is 18.4 Å². The van der Waals surface area contributed by atoms with Gasteiger partial charge in [-0.3, -0.25) is 5.41 Å². The molecule has 32 heavy (non-hydrogen) atoms. The summed E-state index contributed by atoms with van der Waals surface area (Å²) in [7, 11) is 0. The van der Waals surface area contributed by atoms with Crippen LogP contribution in [0.4, 0.5) is 5.69 Å². The van der Waals surface area contributed by atoms with Crippen molar-refractivity contribution in [1.29, 1.82) is 5.41 Å². The van der Waals surface area contributed by atoms with Crippen molar-refractivity contribution in [2.75, 3.05) is 37.7 Å². The van der Waals surface area contributed by atoms with E-state index in [9.17, 15) is 0 Å². The molecule has 0 saturated carbocycles. The largest absolute Gasteiger partial charge is 0.494 e. The highest BCUT2D eigenvalue weighted by atomic mass is 16.5. The summed E-state index contributed by atoms with van der Waals surface area (Å²) in [5.74, 6) is 2.19. The van der Waals surface area contributed by atoms with E-state index in [-0.39, 0.29) is 0 Å². The zero-order chi connectivity index (χ0) is 22.6. The van der Waals surface area contributed by atoms with Gasteiger partial charge in [0.1, 0.15) is 5.75 Å². The van der Waals surface area contributed by atoms with Gasteiger partial charge in [0.25, 0.3) is 0 Å². The summed E-state index contributed by atoms with van der Waals surface area (Å²) in [4.78, 5) is 4.33. The predicted octanol–water partition coefficient (Wildman–Crippen LogP) is 5.30. The third-order valence-corrected chi connectivity index (χ3v) is 6.29. The minimum absolute atomic E-state index is 0.591. The Labute approximate surface area is 194 Å². The average Bonchev–Trinajstić information content (AvgIpc) is 2.84. The smallest absolute Gasteiger partial charge is 0.198 e. The summed E-state index contributed by atoms with van der Waals surface area (Å²) in [6, 6.07) is 19.0. The van der Waals surface area contributed by atoms with E-state index in [0.29, 0.717) is 18.4 Å². The summed E-state index contributed by atoms with van der Waals surface area (Å²) >= 11 is 0. The van der Waals surface area contributed by atoms with Crippen LogP contribution in [-0.2, 0) is 6.42 Å². The minimum Gasteiger partial charge on any atom is -0.494 e. The number of piperidine rings is 1. The summed E-state index contributed by atoms with van der Waals surface area (Å²) < 4.78 is 5.86. The van der Waals surface area contributed by atoms with Crippen molar-refractivity contribution in [1.82, 2.24) is 4.90 Å². The lowest BCUT2D eigenvalue weighted by Crippen LogP contribution is -2.48. The molecule has 0 amide bonds. The maximum atomic E-state index is 8.93. The van der Waals surface area contributed by atoms with Crippen LogP contribution >= 0.6 is 0 Å². The number of benzene rings is 2. The zero-order valence-corrected chi connectivity index (χ0v) is 19.6. The Morgan fingerprint density at radius 1 is 1.03 bits per heavy atom. The van der Waals surface area contributed by atoms with Crippen molar-refractivity contribution >= 4 is 11.6 Å². The number of ether oxygens (including phenoxy) is 1. The summed E-state index contributed by atoms with van der Waals surface area (Å²) in [5.41, 5.74) is 8.25. The first kappa shape index (κ1) is 24.1. The van der Waals surface area contributed by atoms with Crippen LogP contribution in [0.5, 0.6) is 5.75 Å². The molecule has 2 aromatic rings. The van der Waals surface area contributed by atoms with Gasteiger partial charge in [-0.1, -0.05) is 50.1 Å². The molecule has 5 nitrogen and oxygen atoms in total. The van der Waals surface area contributed by atoms with Gasteiger partial charge in [0.15, 0.2) is 5.96 Å². The molecule has 3 N–H and O–H groups in total. The summed E-state index contributed by atoms with van der Waals surface area (Å²) in [5, 5.41) is 8.93. The topological polar surface area (TPSA) is 65.6 Å². The van der Waals surface area contributed by atoms with Gasteiger partial charge < -0.3 is 20.3 Å². The Morgan fingerprint density at radius 3 is 2.41 bits per heavy atom. The molecule has 1 aliphatic heterocycles. The van der Waals surface area contributed by atoms with Gasteiger partial charge in [0.05, 0.1) is 6.61 Å². The van der Waals surface area contributed by atoms with Crippen molar-refractivity contribution in [2.24, 2.45) is 11.7 Å². The SMILES string of the molecule is CCCCCOc1ccc(N(CCCN)C(=N)N2CCC(Cc3ccccc3)CC2)cc1. The third-order valence-electron chi connectivity index (χ3n) is 6.29. The lowest BCUT2D eigenvalue weighted by molar-refractivity contribution is 0.261. The minimum atomic E-state index is 0.591. The molecule has 0 atom stereocenters. The van der Waals surface area contributed by atoms with Crippen LogP contribution in [0.3, 0.4) is 0 Å². The molecule has 3 rings (SSSR count). The number of hydrogen-bond acceptors (Lipinski definition) is 3. The number of anilines is 1. The number of rotatable bonds is 11. The monoisotopic (exact) mass is 436 g/mol. The Kier molecular flexibility index (Phi) is 9.89. The van der Waals surface area contributed by atoms with Gasteiger partial charge >= 0.3 is 0 Å². The van der Waals surface area contributed by atoms with E-state index in [1.54, 1.807) is 0 Å². The van der Waals surface area contributed by atoms with Crippen LogP contribution in [0.2, 0.25) is 0 Å². The lowest BCUT2D eigenvalue weighted by Gasteiger charge is -2.38. The second kappa shape index (κ2) is 13.1. The molecule has 174 valence electrons. The van der Waals surface area contributed by atoms with Gasteiger partial charge in [0.2, 0.25) is 0 Å². The molecule has 0 spiro atoms. The number of likely N-dealkylation sites (tertiary alicyclic amines) is 1. The first-order valence-corrected chi connectivity index (χ1v) is 12.3. The Hall–Kier alpha value is -2.53. The van der Waals surface area contributed by atoms with Gasteiger partial charge in [-0.25, -0.2) is 0 Å². The normalized spacial score (nSPS) is 14.4. The number of unbranched alkanes of at least 4 members (excludes halogenated alkanes) is 2. The number of nitrogens with one attached hydrogen (secondary N) is 1. The number of hydrogen-bond donors (Lipinski definition) is 2. The van der Waals surface area contributed by atoms with Crippen LogP contribution < -0.4 is 15.4 Å². The first-order chi connectivity index (χ1) is 15.7. The second-order valence-corrected chi connectivity index (χ2v) is 8.79. The Bertz CT molecular complexity index is 785. The Morgan fingerprint density at radius 2 is 1.75 bits per heavy atom. The summed E-state index contributed by atoms with van der Waals surface area (Å²) in [6.45, 7) is 6.23. The molecule has 1 aliphatic rings. The standard InChI is InChI=1S/C27H40N4O/c1-2-3-7-21-32-26-13-11-25(12-14-26)31(18-8-17-28)27(29)30-19-15-24(16-20-30)22-23-9-5-4-6-10-23/h4-6,9-14,24,29H,2-3,7-8,15-22,28H2,1H3. The quantitative estimate of drug-likeness (QED) is 0.285. The molecular weight excluding hydrogens is 396 g/mol. The number of nitrogens with two attached hydrogens (primary N) is 1. The first-order valence-electron chi connectivity index (χ1n) is 12.3. The molecule has 1 heterocycles. The van der Waals surface area contributed by atoms with Crippen molar-refractivity contribution in [2.45, 2.75) is 51.9 Å². The van der Waals surface area contributed by atoms with E-state index in [0.717, 1.165) is 69.8 Å². The predicted molar refractivity (Wildman–Crippen MR) is 135 cm³/mol. The maximum absolute atomic E-state index is 8.93. The fourth-order valence-corrected chi connectivity index (χ4v) is 4.34. The van der Waals surface area contributed by atoms with Crippen molar-refractivity contribution < 1.29 is 4.74 Å². The fraction of sp³-hybridized carbons (Fsp3) is 0.519. The highest BCUT2D eigenvalue weighted by Crippen LogP contribution is 2.25. The molecular formula is C27H40N4O. The second-order valence-electron chi connectivity index (χ2n) is 8.79. The van der Waals surface area contributed by atoms with Crippen LogP contribution in [-0.4, -0.2) is 43.6 Å². The average molecular weight is 437 g/mol. The van der Waals surface area contributed by atoms with Crippen molar-refractivity contribution in [3.8, 4) is 5.75 Å². The number of guanidine groups is 1. The molecule has 0 bridgehead atoms. The van der Waals surface area contributed by atoms with Gasteiger partial charge in [-0.2, -0.15) is 0 Å². The highest BCUT2D eigenvalue weighted by Gasteiger charge is 2.24. The van der Waals surface area contributed by atoms with E-state index in [1.807, 2.05) is 12.1 Å². The van der Waals surface area contributed by atoms with Crippen LogP contribution in [0, 0.1) is 11.3 Å². The lowest BCUT2D eigenvalue weighted by atomic mass is 9.90. The van der Waals surface area contributed by atoms with Crippen LogP contribution in [0.15, 0.2) is 54.6 Å². The molecule has 0 aromatic heterocycles. The zero-order valence-electron chi connectivity index (χ0n) is 19.6. The van der Waals surface area contributed by atoms with E-state index < -0.39 is 0 Å². The molecule has 1 fully saturated rings. The van der Waals surface area contributed by atoms with E-state index >= 15 is 0 Å². The highest BCUT2D eigenvalue weighted by molar-refractivity contribution is 5.93. The van der Waals surface area contributed by atoms with Crippen LogP contribution in [0.25, 0.3) is 0 Å². The Balaban J connectivity index is 1.56. The molecule has 2 aromatic carbocycles.